The van der Waals surface area contributed by atoms with E-state index in [0.29, 0.717) is 17.9 Å². The van der Waals surface area contributed by atoms with Crippen LogP contribution in [0.1, 0.15) is 52.4 Å². The largest absolute Gasteiger partial charge is 0.309 e. The quantitative estimate of drug-likeness (QED) is 0.826. The van der Waals surface area contributed by atoms with Crippen molar-refractivity contribution in [3.05, 3.63) is 0 Å². The summed E-state index contributed by atoms with van der Waals surface area (Å²) in [4.78, 5) is 0. The summed E-state index contributed by atoms with van der Waals surface area (Å²) < 4.78 is 26.4. The van der Waals surface area contributed by atoms with Gasteiger partial charge in [-0.15, -0.1) is 0 Å². The third kappa shape index (κ3) is 2.69. The van der Waals surface area contributed by atoms with Gasteiger partial charge >= 0.3 is 0 Å². The van der Waals surface area contributed by atoms with E-state index >= 15 is 0 Å². The highest BCUT2D eigenvalue weighted by Crippen LogP contribution is 2.57. The molecule has 0 amide bonds. The Kier molecular flexibility index (Phi) is 3.05. The number of rotatable bonds is 4. The van der Waals surface area contributed by atoms with Gasteiger partial charge in [0.25, 0.3) is 0 Å². The third-order valence-corrected chi connectivity index (χ3v) is 5.86. The van der Waals surface area contributed by atoms with Crippen molar-refractivity contribution >= 4 is 10.0 Å². The van der Waals surface area contributed by atoms with Crippen LogP contribution in [-0.4, -0.2) is 31.8 Å². The third-order valence-electron chi connectivity index (χ3n) is 5.06. The molecular weight excluding hydrogens is 260 g/mol. The molecule has 4 aliphatic carbocycles. The van der Waals surface area contributed by atoms with Crippen molar-refractivity contribution in [3.8, 4) is 0 Å². The van der Waals surface area contributed by atoms with Gasteiger partial charge in [0.1, 0.15) is 0 Å². The van der Waals surface area contributed by atoms with E-state index in [0.717, 1.165) is 19.3 Å². The first kappa shape index (κ1) is 13.8. The average molecular weight is 286 g/mol. The zero-order valence-corrected chi connectivity index (χ0v) is 13.0. The van der Waals surface area contributed by atoms with E-state index < -0.39 is 10.0 Å². The first-order valence-corrected chi connectivity index (χ1v) is 9.35. The molecule has 0 saturated heterocycles. The summed E-state index contributed by atoms with van der Waals surface area (Å²) in [5.74, 6) is 1.39. The van der Waals surface area contributed by atoms with Gasteiger partial charge in [0.2, 0.25) is 10.0 Å². The molecule has 0 radical (unpaired) electrons. The topological polar surface area (TPSA) is 58.2 Å². The minimum atomic E-state index is -3.12. The van der Waals surface area contributed by atoms with Gasteiger partial charge in [-0.3, -0.25) is 0 Å². The lowest BCUT2D eigenvalue weighted by atomic mass is 9.50. The molecule has 2 unspecified atom stereocenters. The van der Waals surface area contributed by atoms with E-state index in [-0.39, 0.29) is 11.1 Å². The highest BCUT2D eigenvalue weighted by molar-refractivity contribution is 7.88. The zero-order chi connectivity index (χ0) is 13.9. The van der Waals surface area contributed by atoms with Crippen LogP contribution in [-0.2, 0) is 10.0 Å². The van der Waals surface area contributed by atoms with Crippen molar-refractivity contribution in [1.29, 1.82) is 0 Å². The van der Waals surface area contributed by atoms with E-state index in [9.17, 15) is 8.42 Å². The maximum atomic E-state index is 11.7. The van der Waals surface area contributed by atoms with Crippen LogP contribution < -0.4 is 10.0 Å². The Labute approximate surface area is 116 Å². The summed E-state index contributed by atoms with van der Waals surface area (Å²) in [7, 11) is -3.12. The molecular formula is C14H26N2O2S. The minimum Gasteiger partial charge on any atom is -0.309 e. The first-order chi connectivity index (χ1) is 8.69. The van der Waals surface area contributed by atoms with E-state index in [2.05, 4.69) is 23.9 Å². The molecule has 0 aromatic carbocycles. The second kappa shape index (κ2) is 4.18. The zero-order valence-electron chi connectivity index (χ0n) is 12.2. The molecule has 5 heteroatoms. The van der Waals surface area contributed by atoms with E-state index in [4.69, 9.17) is 0 Å². The Morgan fingerprint density at radius 1 is 1.05 bits per heavy atom. The highest BCUT2D eigenvalue weighted by atomic mass is 32.2. The van der Waals surface area contributed by atoms with Crippen molar-refractivity contribution in [2.45, 2.75) is 69.5 Å². The van der Waals surface area contributed by atoms with Crippen LogP contribution in [0.2, 0.25) is 0 Å². The van der Waals surface area contributed by atoms with Crippen LogP contribution in [0.5, 0.6) is 0 Å². The summed E-state index contributed by atoms with van der Waals surface area (Å²) >= 11 is 0. The van der Waals surface area contributed by atoms with Crippen molar-refractivity contribution in [3.63, 3.8) is 0 Å². The monoisotopic (exact) mass is 286 g/mol. The predicted molar refractivity (Wildman–Crippen MR) is 76.4 cm³/mol. The van der Waals surface area contributed by atoms with Crippen molar-refractivity contribution < 1.29 is 8.42 Å². The summed E-state index contributed by atoms with van der Waals surface area (Å²) in [6.07, 6.45) is 8.11. The van der Waals surface area contributed by atoms with Gasteiger partial charge < -0.3 is 5.32 Å². The standard InChI is InChI=1S/C14H26N2O2S/c1-10(2)15-13-5-11-4-12(6-13)8-14(7-11,9-13)16-19(3,17)18/h10-12,15-16H,4-9H2,1-3H3. The van der Waals surface area contributed by atoms with Crippen LogP contribution in [0.15, 0.2) is 0 Å². The maximum Gasteiger partial charge on any atom is 0.209 e. The number of hydrogen-bond acceptors (Lipinski definition) is 3. The van der Waals surface area contributed by atoms with Gasteiger partial charge in [0.15, 0.2) is 0 Å². The maximum absolute atomic E-state index is 11.7. The van der Waals surface area contributed by atoms with E-state index in [1.54, 1.807) is 0 Å². The lowest BCUT2D eigenvalue weighted by molar-refractivity contribution is -0.0456. The van der Waals surface area contributed by atoms with Gasteiger partial charge in [0, 0.05) is 17.1 Å². The molecule has 4 nitrogen and oxygen atoms in total. The Bertz CT molecular complexity index is 452. The number of nitrogens with one attached hydrogen (secondary N) is 2. The average Bonchev–Trinajstić information content (AvgIpc) is 2.06. The molecule has 4 bridgehead atoms. The van der Waals surface area contributed by atoms with Crippen molar-refractivity contribution in [1.82, 2.24) is 10.0 Å². The Hall–Kier alpha value is -0.130. The molecule has 2 N–H and O–H groups in total. The van der Waals surface area contributed by atoms with Gasteiger partial charge in [-0.1, -0.05) is 13.8 Å². The second-order valence-corrected chi connectivity index (χ2v) is 9.44. The summed E-state index contributed by atoms with van der Waals surface area (Å²) in [6, 6.07) is 0.464. The lowest BCUT2D eigenvalue weighted by Crippen LogP contribution is -2.69. The normalized spacial score (nSPS) is 45.1. The SMILES string of the molecule is CC(C)NC12CC3CC(C1)CC(NS(C)(=O)=O)(C3)C2. The smallest absolute Gasteiger partial charge is 0.209 e. The molecule has 0 aromatic rings. The number of sulfonamides is 1. The Balaban J connectivity index is 1.88. The van der Waals surface area contributed by atoms with Gasteiger partial charge in [-0.25, -0.2) is 13.1 Å². The molecule has 0 heterocycles. The molecule has 0 spiro atoms. The minimum absolute atomic E-state index is 0.167. The van der Waals surface area contributed by atoms with Crippen LogP contribution >= 0.6 is 0 Å². The van der Waals surface area contributed by atoms with Gasteiger partial charge in [-0.2, -0.15) is 0 Å². The fraction of sp³-hybridized carbons (Fsp3) is 1.00. The second-order valence-electron chi connectivity index (χ2n) is 7.69. The van der Waals surface area contributed by atoms with Crippen LogP contribution in [0.25, 0.3) is 0 Å². The van der Waals surface area contributed by atoms with Crippen molar-refractivity contribution in [2.75, 3.05) is 6.26 Å². The van der Waals surface area contributed by atoms with Crippen LogP contribution in [0, 0.1) is 11.8 Å². The molecule has 0 aromatic heterocycles. The number of hydrogen-bond donors (Lipinski definition) is 2. The van der Waals surface area contributed by atoms with Crippen LogP contribution in [0.4, 0.5) is 0 Å². The molecule has 4 aliphatic rings. The molecule has 2 atom stereocenters. The Morgan fingerprint density at radius 3 is 2.05 bits per heavy atom. The molecule has 0 aliphatic heterocycles. The van der Waals surface area contributed by atoms with Crippen LogP contribution in [0.3, 0.4) is 0 Å². The molecule has 110 valence electrons. The predicted octanol–water partition coefficient (Wildman–Crippen LogP) is 1.62. The summed E-state index contributed by atoms with van der Waals surface area (Å²) in [5.41, 5.74) is 0.00942. The molecule has 19 heavy (non-hydrogen) atoms. The van der Waals surface area contributed by atoms with Gasteiger partial charge in [0.05, 0.1) is 6.26 Å². The van der Waals surface area contributed by atoms with Crippen molar-refractivity contribution in [2.24, 2.45) is 11.8 Å². The molecule has 4 fully saturated rings. The summed E-state index contributed by atoms with van der Waals surface area (Å²) in [5, 5.41) is 3.76. The fourth-order valence-corrected chi connectivity index (χ4v) is 6.58. The Morgan fingerprint density at radius 2 is 1.58 bits per heavy atom. The van der Waals surface area contributed by atoms with Gasteiger partial charge in [-0.05, 0) is 50.4 Å². The summed E-state index contributed by atoms with van der Waals surface area (Å²) in [6.45, 7) is 4.38. The fourth-order valence-electron chi connectivity index (χ4n) is 5.56. The van der Waals surface area contributed by atoms with E-state index in [1.165, 1.54) is 25.5 Å². The highest BCUT2D eigenvalue weighted by Gasteiger charge is 2.58. The first-order valence-electron chi connectivity index (χ1n) is 7.46. The molecule has 4 saturated carbocycles. The molecule has 4 rings (SSSR count). The van der Waals surface area contributed by atoms with E-state index in [1.807, 2.05) is 0 Å². The lowest BCUT2D eigenvalue weighted by Gasteiger charge is -2.62.